The summed E-state index contributed by atoms with van der Waals surface area (Å²) in [5, 5.41) is 3.41. The molecule has 0 fully saturated rings. The summed E-state index contributed by atoms with van der Waals surface area (Å²) in [5.74, 6) is 1.11. The van der Waals surface area contributed by atoms with Crippen molar-refractivity contribution in [3.05, 3.63) is 47.5 Å². The standard InChI is InChI=1S/C13H15N3/c1-16-7-6-15-13(16)9-10-2-3-11-4-5-14-12(11)8-10/h2-3,6-8,14H,4-5,9H2,1H3. The fraction of sp³-hybridized carbons (Fsp3) is 0.308. The van der Waals surface area contributed by atoms with Crippen molar-refractivity contribution in [2.75, 3.05) is 11.9 Å². The van der Waals surface area contributed by atoms with Gasteiger partial charge in [-0.3, -0.25) is 0 Å². The van der Waals surface area contributed by atoms with E-state index in [4.69, 9.17) is 0 Å². The highest BCUT2D eigenvalue weighted by atomic mass is 15.0. The van der Waals surface area contributed by atoms with Gasteiger partial charge in [-0.2, -0.15) is 0 Å². The van der Waals surface area contributed by atoms with Crippen molar-refractivity contribution < 1.29 is 0 Å². The first-order valence-corrected chi connectivity index (χ1v) is 5.65. The molecule has 0 saturated heterocycles. The van der Waals surface area contributed by atoms with Crippen molar-refractivity contribution in [1.82, 2.24) is 9.55 Å². The van der Waals surface area contributed by atoms with Crippen LogP contribution in [0.2, 0.25) is 0 Å². The second kappa shape index (κ2) is 3.67. The van der Waals surface area contributed by atoms with E-state index >= 15 is 0 Å². The third-order valence-corrected chi connectivity index (χ3v) is 3.17. The Labute approximate surface area is 95.1 Å². The van der Waals surface area contributed by atoms with Gasteiger partial charge in [-0.25, -0.2) is 4.98 Å². The third-order valence-electron chi connectivity index (χ3n) is 3.17. The van der Waals surface area contributed by atoms with Gasteiger partial charge < -0.3 is 9.88 Å². The predicted octanol–water partition coefficient (Wildman–Crippen LogP) is 1.98. The number of fused-ring (bicyclic) bond motifs is 1. The molecular formula is C13H15N3. The van der Waals surface area contributed by atoms with E-state index in [9.17, 15) is 0 Å². The molecule has 2 heterocycles. The summed E-state index contributed by atoms with van der Waals surface area (Å²) in [4.78, 5) is 4.35. The summed E-state index contributed by atoms with van der Waals surface area (Å²) in [7, 11) is 2.04. The first-order valence-electron chi connectivity index (χ1n) is 5.65. The number of rotatable bonds is 2. The molecule has 0 aliphatic carbocycles. The number of aromatic nitrogens is 2. The Hall–Kier alpha value is -1.77. The first kappa shape index (κ1) is 9.46. The van der Waals surface area contributed by atoms with Crippen LogP contribution in [-0.2, 0) is 19.9 Å². The van der Waals surface area contributed by atoms with Gasteiger partial charge in [-0.1, -0.05) is 12.1 Å². The van der Waals surface area contributed by atoms with Gasteiger partial charge in [0.25, 0.3) is 0 Å². The average molecular weight is 213 g/mol. The van der Waals surface area contributed by atoms with Crippen molar-refractivity contribution in [2.45, 2.75) is 12.8 Å². The minimum Gasteiger partial charge on any atom is -0.384 e. The number of hydrogen-bond donors (Lipinski definition) is 1. The fourth-order valence-corrected chi connectivity index (χ4v) is 2.20. The van der Waals surface area contributed by atoms with Crippen LogP contribution in [0.15, 0.2) is 30.6 Å². The van der Waals surface area contributed by atoms with E-state index in [0.717, 1.165) is 25.2 Å². The van der Waals surface area contributed by atoms with Gasteiger partial charge in [0.2, 0.25) is 0 Å². The SMILES string of the molecule is Cn1ccnc1Cc1ccc2c(c1)NCC2. The van der Waals surface area contributed by atoms with E-state index in [1.165, 1.54) is 16.8 Å². The Morgan fingerprint density at radius 3 is 3.19 bits per heavy atom. The van der Waals surface area contributed by atoms with Crippen LogP contribution in [-0.4, -0.2) is 16.1 Å². The highest BCUT2D eigenvalue weighted by Crippen LogP contribution is 2.24. The Bertz CT molecular complexity index is 514. The van der Waals surface area contributed by atoms with Crippen molar-refractivity contribution in [2.24, 2.45) is 7.05 Å². The van der Waals surface area contributed by atoms with Gasteiger partial charge in [0.1, 0.15) is 5.82 Å². The number of benzene rings is 1. The largest absolute Gasteiger partial charge is 0.384 e. The Morgan fingerprint density at radius 1 is 1.44 bits per heavy atom. The highest BCUT2D eigenvalue weighted by Gasteiger charge is 2.10. The number of hydrogen-bond acceptors (Lipinski definition) is 2. The van der Waals surface area contributed by atoms with Gasteiger partial charge in [0, 0.05) is 38.1 Å². The summed E-state index contributed by atoms with van der Waals surface area (Å²) < 4.78 is 2.07. The predicted molar refractivity (Wildman–Crippen MR) is 64.6 cm³/mol. The molecule has 3 heteroatoms. The van der Waals surface area contributed by atoms with Crippen LogP contribution in [0.3, 0.4) is 0 Å². The van der Waals surface area contributed by atoms with Gasteiger partial charge in [0.05, 0.1) is 0 Å². The summed E-state index contributed by atoms with van der Waals surface area (Å²) in [6, 6.07) is 6.69. The van der Waals surface area contributed by atoms with Crippen LogP contribution >= 0.6 is 0 Å². The smallest absolute Gasteiger partial charge is 0.112 e. The second-order valence-corrected chi connectivity index (χ2v) is 4.30. The van der Waals surface area contributed by atoms with E-state index in [-0.39, 0.29) is 0 Å². The molecule has 82 valence electrons. The molecule has 0 atom stereocenters. The van der Waals surface area contributed by atoms with Crippen molar-refractivity contribution in [3.8, 4) is 0 Å². The number of aryl methyl sites for hydroxylation is 1. The molecule has 2 aromatic rings. The topological polar surface area (TPSA) is 29.9 Å². The molecule has 1 aromatic carbocycles. The normalized spacial score (nSPS) is 13.6. The fourth-order valence-electron chi connectivity index (χ4n) is 2.20. The van der Waals surface area contributed by atoms with Gasteiger partial charge in [0.15, 0.2) is 0 Å². The van der Waals surface area contributed by atoms with E-state index in [0.29, 0.717) is 0 Å². The molecule has 3 nitrogen and oxygen atoms in total. The second-order valence-electron chi connectivity index (χ2n) is 4.30. The molecule has 0 unspecified atom stereocenters. The summed E-state index contributed by atoms with van der Waals surface area (Å²) in [6.07, 6.45) is 5.89. The van der Waals surface area contributed by atoms with Crippen LogP contribution in [0.5, 0.6) is 0 Å². The van der Waals surface area contributed by atoms with Crippen molar-refractivity contribution >= 4 is 5.69 Å². The van der Waals surface area contributed by atoms with Gasteiger partial charge in [-0.05, 0) is 23.6 Å². The molecule has 16 heavy (non-hydrogen) atoms. The maximum Gasteiger partial charge on any atom is 0.112 e. The maximum absolute atomic E-state index is 4.35. The van der Waals surface area contributed by atoms with Crippen LogP contribution in [0.25, 0.3) is 0 Å². The van der Waals surface area contributed by atoms with Crippen LogP contribution in [0, 0.1) is 0 Å². The average Bonchev–Trinajstić information content (AvgIpc) is 2.88. The van der Waals surface area contributed by atoms with Crippen molar-refractivity contribution in [3.63, 3.8) is 0 Å². The lowest BCUT2D eigenvalue weighted by molar-refractivity contribution is 0.822. The molecule has 1 aromatic heterocycles. The quantitative estimate of drug-likeness (QED) is 0.826. The molecule has 1 aliphatic rings. The molecule has 0 spiro atoms. The lowest BCUT2D eigenvalue weighted by atomic mass is 10.1. The molecule has 0 amide bonds. The monoisotopic (exact) mass is 213 g/mol. The van der Waals surface area contributed by atoms with E-state index in [1.54, 1.807) is 0 Å². The molecule has 0 saturated carbocycles. The Morgan fingerprint density at radius 2 is 2.38 bits per heavy atom. The van der Waals surface area contributed by atoms with Crippen LogP contribution in [0.1, 0.15) is 17.0 Å². The summed E-state index contributed by atoms with van der Waals surface area (Å²) >= 11 is 0. The van der Waals surface area contributed by atoms with Gasteiger partial charge >= 0.3 is 0 Å². The lowest BCUT2D eigenvalue weighted by Gasteiger charge is -2.05. The number of nitrogens with one attached hydrogen (secondary N) is 1. The minimum atomic E-state index is 0.901. The van der Waals surface area contributed by atoms with E-state index in [1.807, 2.05) is 19.4 Å². The third kappa shape index (κ3) is 1.58. The molecule has 0 radical (unpaired) electrons. The molecule has 1 aliphatic heterocycles. The zero-order chi connectivity index (χ0) is 11.0. The van der Waals surface area contributed by atoms with E-state index < -0.39 is 0 Å². The Kier molecular flexibility index (Phi) is 2.17. The van der Waals surface area contributed by atoms with Crippen molar-refractivity contribution in [1.29, 1.82) is 0 Å². The highest BCUT2D eigenvalue weighted by molar-refractivity contribution is 5.57. The molecule has 3 rings (SSSR count). The molecular weight excluding hydrogens is 198 g/mol. The van der Waals surface area contributed by atoms with Gasteiger partial charge in [-0.15, -0.1) is 0 Å². The van der Waals surface area contributed by atoms with Crippen LogP contribution < -0.4 is 5.32 Å². The number of imidazole rings is 1. The van der Waals surface area contributed by atoms with E-state index in [2.05, 4.69) is 33.1 Å². The number of nitrogens with zero attached hydrogens (tertiary/aromatic N) is 2. The number of anilines is 1. The maximum atomic E-state index is 4.35. The van der Waals surface area contributed by atoms with Crippen LogP contribution in [0.4, 0.5) is 5.69 Å². The minimum absolute atomic E-state index is 0.901. The Balaban J connectivity index is 1.88. The lowest BCUT2D eigenvalue weighted by Crippen LogP contribution is -1.99. The summed E-state index contributed by atoms with van der Waals surface area (Å²) in [5.41, 5.74) is 4.05. The summed E-state index contributed by atoms with van der Waals surface area (Å²) in [6.45, 7) is 1.07. The zero-order valence-corrected chi connectivity index (χ0v) is 9.40. The molecule has 1 N–H and O–H groups in total. The first-order chi connectivity index (χ1) is 7.83. The molecule has 0 bridgehead atoms. The zero-order valence-electron chi connectivity index (χ0n) is 9.40.